The van der Waals surface area contributed by atoms with E-state index in [1.807, 2.05) is 23.1 Å². The number of likely N-dealkylation sites (tertiary alicyclic amines) is 1. The molecular formula is C15H18ClNO. The number of hydrogen-bond donors (Lipinski definition) is 0. The minimum atomic E-state index is 0.222. The van der Waals surface area contributed by atoms with Crippen LogP contribution < -0.4 is 0 Å². The predicted molar refractivity (Wildman–Crippen MR) is 72.7 cm³/mol. The number of carbonyl (C=O) groups is 1. The van der Waals surface area contributed by atoms with Crippen LogP contribution >= 0.6 is 11.6 Å². The van der Waals surface area contributed by atoms with Gasteiger partial charge in [-0.3, -0.25) is 4.79 Å². The molecule has 0 bridgehead atoms. The fraction of sp³-hybridized carbons (Fsp3) is 0.533. The van der Waals surface area contributed by atoms with Crippen molar-refractivity contribution in [3.63, 3.8) is 0 Å². The van der Waals surface area contributed by atoms with Crippen LogP contribution in [0, 0.1) is 5.92 Å². The molecule has 1 aromatic carbocycles. The minimum absolute atomic E-state index is 0.222. The highest BCUT2D eigenvalue weighted by atomic mass is 35.5. The van der Waals surface area contributed by atoms with E-state index in [9.17, 15) is 4.79 Å². The van der Waals surface area contributed by atoms with E-state index in [1.54, 1.807) is 0 Å². The van der Waals surface area contributed by atoms with E-state index >= 15 is 0 Å². The van der Waals surface area contributed by atoms with Gasteiger partial charge in [-0.15, -0.1) is 11.6 Å². The molecule has 1 saturated heterocycles. The van der Waals surface area contributed by atoms with Gasteiger partial charge in [0.05, 0.1) is 0 Å². The van der Waals surface area contributed by atoms with E-state index in [1.165, 1.54) is 5.56 Å². The molecule has 1 saturated carbocycles. The summed E-state index contributed by atoms with van der Waals surface area (Å²) in [6, 6.07) is 10.4. The van der Waals surface area contributed by atoms with E-state index in [4.69, 9.17) is 11.6 Å². The Balaban J connectivity index is 1.59. The molecule has 2 nitrogen and oxygen atoms in total. The van der Waals surface area contributed by atoms with Crippen molar-refractivity contribution in [1.29, 1.82) is 0 Å². The zero-order chi connectivity index (χ0) is 12.5. The summed E-state index contributed by atoms with van der Waals surface area (Å²) in [5.41, 5.74) is 1.31. The number of halogens is 1. The quantitative estimate of drug-likeness (QED) is 0.751. The summed E-state index contributed by atoms with van der Waals surface area (Å²) in [6.45, 7) is 1.68. The Labute approximate surface area is 113 Å². The molecule has 0 N–H and O–H groups in total. The average Bonchev–Trinajstić information content (AvgIpc) is 3.20. The van der Waals surface area contributed by atoms with Gasteiger partial charge >= 0.3 is 0 Å². The topological polar surface area (TPSA) is 20.3 Å². The maximum Gasteiger partial charge on any atom is 0.226 e. The number of amides is 1. The van der Waals surface area contributed by atoms with Crippen LogP contribution in [-0.2, 0) is 4.79 Å². The number of benzene rings is 1. The van der Waals surface area contributed by atoms with Crippen molar-refractivity contribution in [1.82, 2.24) is 4.90 Å². The molecule has 1 aliphatic carbocycles. The van der Waals surface area contributed by atoms with Crippen molar-refractivity contribution in [2.45, 2.75) is 30.6 Å². The molecule has 2 atom stereocenters. The van der Waals surface area contributed by atoms with Crippen molar-refractivity contribution in [3.05, 3.63) is 35.9 Å². The smallest absolute Gasteiger partial charge is 0.226 e. The fourth-order valence-corrected chi connectivity index (χ4v) is 3.03. The van der Waals surface area contributed by atoms with Crippen LogP contribution in [0.2, 0.25) is 0 Å². The second-order valence-electron chi connectivity index (χ2n) is 5.36. The van der Waals surface area contributed by atoms with E-state index in [0.29, 0.717) is 11.8 Å². The Bertz CT molecular complexity index is 425. The molecule has 2 fully saturated rings. The van der Waals surface area contributed by atoms with Gasteiger partial charge in [-0.25, -0.2) is 0 Å². The largest absolute Gasteiger partial charge is 0.342 e. The van der Waals surface area contributed by atoms with Gasteiger partial charge in [0.2, 0.25) is 5.91 Å². The van der Waals surface area contributed by atoms with Crippen molar-refractivity contribution < 1.29 is 4.79 Å². The Morgan fingerprint density at radius 3 is 2.50 bits per heavy atom. The molecule has 3 rings (SSSR count). The second-order valence-corrected chi connectivity index (χ2v) is 5.98. The Morgan fingerprint density at radius 2 is 1.83 bits per heavy atom. The van der Waals surface area contributed by atoms with Gasteiger partial charge in [0, 0.05) is 24.4 Å². The normalized spacial score (nSPS) is 28.2. The van der Waals surface area contributed by atoms with Gasteiger partial charge in [-0.05, 0) is 30.7 Å². The summed E-state index contributed by atoms with van der Waals surface area (Å²) in [6.07, 6.45) is 2.90. The molecule has 3 heteroatoms. The first-order valence-corrected chi connectivity index (χ1v) is 7.17. The Kier molecular flexibility index (Phi) is 3.29. The van der Waals surface area contributed by atoms with Crippen molar-refractivity contribution in [2.75, 3.05) is 13.1 Å². The molecule has 0 radical (unpaired) electrons. The fourth-order valence-electron chi connectivity index (χ4n) is 2.84. The van der Waals surface area contributed by atoms with Crippen molar-refractivity contribution >= 4 is 17.5 Å². The van der Waals surface area contributed by atoms with Crippen molar-refractivity contribution in [3.8, 4) is 0 Å². The van der Waals surface area contributed by atoms with Gasteiger partial charge in [0.25, 0.3) is 0 Å². The lowest BCUT2D eigenvalue weighted by molar-refractivity contribution is -0.133. The summed E-state index contributed by atoms with van der Waals surface area (Å²) in [5.74, 6) is 1.01. The summed E-state index contributed by atoms with van der Waals surface area (Å²) < 4.78 is 0. The van der Waals surface area contributed by atoms with Crippen LogP contribution in [0.1, 0.15) is 30.7 Å². The third-order valence-electron chi connectivity index (χ3n) is 4.07. The van der Waals surface area contributed by atoms with Crippen LogP contribution in [0.4, 0.5) is 0 Å². The molecule has 2 unspecified atom stereocenters. The number of carbonyl (C=O) groups excluding carboxylic acids is 1. The minimum Gasteiger partial charge on any atom is -0.342 e. The van der Waals surface area contributed by atoms with E-state index in [-0.39, 0.29) is 11.3 Å². The maximum atomic E-state index is 12.3. The molecular weight excluding hydrogens is 246 g/mol. The SMILES string of the molecule is O=C(C1CC1c1ccccc1)N1CCC(Cl)CC1. The van der Waals surface area contributed by atoms with E-state index in [2.05, 4.69) is 12.1 Å². The highest BCUT2D eigenvalue weighted by molar-refractivity contribution is 6.20. The first-order valence-electron chi connectivity index (χ1n) is 6.73. The standard InChI is InChI=1S/C15H18ClNO/c16-12-6-8-17(9-7-12)15(18)14-10-13(14)11-4-2-1-3-5-11/h1-5,12-14H,6-10H2. The van der Waals surface area contributed by atoms with Gasteiger partial charge in [0.15, 0.2) is 0 Å². The first-order chi connectivity index (χ1) is 8.75. The summed E-state index contributed by atoms with van der Waals surface area (Å²) >= 11 is 6.07. The van der Waals surface area contributed by atoms with Gasteiger partial charge in [-0.2, -0.15) is 0 Å². The summed E-state index contributed by atoms with van der Waals surface area (Å²) in [5, 5.41) is 0.262. The number of piperidine rings is 1. The van der Waals surface area contributed by atoms with Crippen LogP contribution in [0.25, 0.3) is 0 Å². The molecule has 18 heavy (non-hydrogen) atoms. The lowest BCUT2D eigenvalue weighted by atomic mass is 10.1. The van der Waals surface area contributed by atoms with Gasteiger partial charge < -0.3 is 4.90 Å². The molecule has 0 spiro atoms. The number of hydrogen-bond acceptors (Lipinski definition) is 1. The lowest BCUT2D eigenvalue weighted by Gasteiger charge is -2.29. The van der Waals surface area contributed by atoms with Crippen LogP contribution in [0.3, 0.4) is 0 Å². The highest BCUT2D eigenvalue weighted by Crippen LogP contribution is 2.48. The molecule has 0 aromatic heterocycles. The zero-order valence-electron chi connectivity index (χ0n) is 10.4. The summed E-state index contributed by atoms with van der Waals surface area (Å²) in [7, 11) is 0. The van der Waals surface area contributed by atoms with Gasteiger partial charge in [-0.1, -0.05) is 30.3 Å². The zero-order valence-corrected chi connectivity index (χ0v) is 11.1. The van der Waals surface area contributed by atoms with E-state index in [0.717, 1.165) is 32.4 Å². The lowest BCUT2D eigenvalue weighted by Crippen LogP contribution is -2.39. The highest BCUT2D eigenvalue weighted by Gasteiger charge is 2.45. The van der Waals surface area contributed by atoms with Gasteiger partial charge in [0.1, 0.15) is 0 Å². The maximum absolute atomic E-state index is 12.3. The van der Waals surface area contributed by atoms with Crippen LogP contribution in [0.15, 0.2) is 30.3 Å². The monoisotopic (exact) mass is 263 g/mol. The molecule has 1 heterocycles. The number of alkyl halides is 1. The average molecular weight is 264 g/mol. The summed E-state index contributed by atoms with van der Waals surface area (Å²) in [4.78, 5) is 14.3. The predicted octanol–water partition coefficient (Wildman–Crippen LogP) is 3.02. The van der Waals surface area contributed by atoms with Crippen molar-refractivity contribution in [2.24, 2.45) is 5.92 Å². The van der Waals surface area contributed by atoms with Crippen LogP contribution in [0.5, 0.6) is 0 Å². The second kappa shape index (κ2) is 4.93. The molecule has 1 amide bonds. The molecule has 96 valence electrons. The Hall–Kier alpha value is -1.02. The number of nitrogens with zero attached hydrogens (tertiary/aromatic N) is 1. The molecule has 1 aliphatic heterocycles. The number of rotatable bonds is 2. The Morgan fingerprint density at radius 1 is 1.17 bits per heavy atom. The molecule has 2 aliphatic rings. The van der Waals surface area contributed by atoms with E-state index < -0.39 is 0 Å². The third kappa shape index (κ3) is 2.39. The first kappa shape index (κ1) is 12.0. The molecule has 1 aromatic rings. The third-order valence-corrected chi connectivity index (χ3v) is 4.51. The van der Waals surface area contributed by atoms with Crippen LogP contribution in [-0.4, -0.2) is 29.3 Å².